The lowest BCUT2D eigenvalue weighted by Crippen LogP contribution is -2.32. The van der Waals surface area contributed by atoms with Crippen LogP contribution in [0.4, 0.5) is 11.5 Å². The SMILES string of the molecule is CCCNc1cc(N(CC)C(C)CC)ccn1. The Balaban J connectivity index is 2.81. The van der Waals surface area contributed by atoms with E-state index in [2.05, 4.69) is 55.0 Å². The van der Waals surface area contributed by atoms with Crippen LogP contribution in [0.15, 0.2) is 18.3 Å². The van der Waals surface area contributed by atoms with Crippen molar-refractivity contribution in [2.75, 3.05) is 23.3 Å². The molecule has 0 bridgehead atoms. The summed E-state index contributed by atoms with van der Waals surface area (Å²) < 4.78 is 0. The minimum atomic E-state index is 0.571. The van der Waals surface area contributed by atoms with Crippen molar-refractivity contribution in [2.45, 2.75) is 46.6 Å². The number of hydrogen-bond acceptors (Lipinski definition) is 3. The van der Waals surface area contributed by atoms with Gasteiger partial charge in [0.05, 0.1) is 0 Å². The zero-order valence-electron chi connectivity index (χ0n) is 11.5. The molecule has 1 N–H and O–H groups in total. The van der Waals surface area contributed by atoms with Crippen LogP contribution in [0, 0.1) is 0 Å². The van der Waals surface area contributed by atoms with Crippen LogP contribution >= 0.6 is 0 Å². The summed E-state index contributed by atoms with van der Waals surface area (Å²) in [4.78, 5) is 6.76. The molecule has 0 fully saturated rings. The third-order valence-corrected chi connectivity index (χ3v) is 3.09. The highest BCUT2D eigenvalue weighted by Crippen LogP contribution is 2.20. The summed E-state index contributed by atoms with van der Waals surface area (Å²) in [5.74, 6) is 0.978. The molecule has 0 aliphatic carbocycles. The second-order valence-electron chi connectivity index (χ2n) is 4.37. The third-order valence-electron chi connectivity index (χ3n) is 3.09. The van der Waals surface area contributed by atoms with E-state index in [1.807, 2.05) is 6.20 Å². The number of anilines is 2. The summed E-state index contributed by atoms with van der Waals surface area (Å²) in [6.45, 7) is 10.9. The standard InChI is InChI=1S/C14H25N3/c1-5-9-15-14-11-13(8-10-16-14)17(7-3)12(4)6-2/h8,10-12H,5-7,9H2,1-4H3,(H,15,16). The van der Waals surface area contributed by atoms with Crippen LogP contribution in [0.1, 0.15) is 40.5 Å². The van der Waals surface area contributed by atoms with Gasteiger partial charge in [-0.3, -0.25) is 0 Å². The van der Waals surface area contributed by atoms with Crippen LogP contribution in [0.5, 0.6) is 0 Å². The highest BCUT2D eigenvalue weighted by Gasteiger charge is 2.11. The normalized spacial score (nSPS) is 12.2. The van der Waals surface area contributed by atoms with E-state index in [1.54, 1.807) is 0 Å². The van der Waals surface area contributed by atoms with Gasteiger partial charge >= 0.3 is 0 Å². The minimum absolute atomic E-state index is 0.571. The average molecular weight is 235 g/mol. The topological polar surface area (TPSA) is 28.2 Å². The molecule has 1 atom stereocenters. The van der Waals surface area contributed by atoms with Gasteiger partial charge in [0, 0.05) is 37.1 Å². The third kappa shape index (κ3) is 3.91. The van der Waals surface area contributed by atoms with Crippen molar-refractivity contribution in [3.05, 3.63) is 18.3 Å². The molecule has 0 spiro atoms. The van der Waals surface area contributed by atoms with Crippen LogP contribution in [-0.4, -0.2) is 24.1 Å². The molecule has 96 valence electrons. The van der Waals surface area contributed by atoms with Crippen LogP contribution in [0.2, 0.25) is 0 Å². The Labute approximate surface area is 105 Å². The van der Waals surface area contributed by atoms with E-state index in [9.17, 15) is 0 Å². The van der Waals surface area contributed by atoms with E-state index in [0.29, 0.717) is 6.04 Å². The molecule has 0 radical (unpaired) electrons. The van der Waals surface area contributed by atoms with Gasteiger partial charge in [-0.1, -0.05) is 13.8 Å². The molecular formula is C14H25N3. The Morgan fingerprint density at radius 1 is 1.35 bits per heavy atom. The Morgan fingerprint density at radius 2 is 2.12 bits per heavy atom. The smallest absolute Gasteiger partial charge is 0.127 e. The van der Waals surface area contributed by atoms with Crippen LogP contribution in [-0.2, 0) is 0 Å². The highest BCUT2D eigenvalue weighted by atomic mass is 15.2. The lowest BCUT2D eigenvalue weighted by molar-refractivity contribution is 0.630. The molecule has 0 aliphatic heterocycles. The predicted molar refractivity (Wildman–Crippen MR) is 75.8 cm³/mol. The largest absolute Gasteiger partial charge is 0.370 e. The summed E-state index contributed by atoms with van der Waals surface area (Å²) in [6, 6.07) is 4.80. The summed E-state index contributed by atoms with van der Waals surface area (Å²) in [7, 11) is 0. The van der Waals surface area contributed by atoms with Crippen molar-refractivity contribution in [1.29, 1.82) is 0 Å². The summed E-state index contributed by atoms with van der Waals surface area (Å²) in [5, 5.41) is 3.33. The predicted octanol–water partition coefficient (Wildman–Crippen LogP) is 3.53. The first-order chi connectivity index (χ1) is 8.22. The Bertz CT molecular complexity index is 325. The van der Waals surface area contributed by atoms with Gasteiger partial charge in [0.25, 0.3) is 0 Å². The molecule has 3 heteroatoms. The summed E-state index contributed by atoms with van der Waals surface area (Å²) in [6.07, 6.45) is 4.17. The number of pyridine rings is 1. The molecule has 0 aromatic carbocycles. The Hall–Kier alpha value is -1.25. The monoisotopic (exact) mass is 235 g/mol. The zero-order valence-corrected chi connectivity index (χ0v) is 11.5. The van der Waals surface area contributed by atoms with Gasteiger partial charge in [-0.25, -0.2) is 4.98 Å². The molecule has 1 unspecified atom stereocenters. The first-order valence-electron chi connectivity index (χ1n) is 6.69. The number of aromatic nitrogens is 1. The average Bonchev–Trinajstić information content (AvgIpc) is 2.37. The van der Waals surface area contributed by atoms with Crippen molar-refractivity contribution in [1.82, 2.24) is 4.98 Å². The van der Waals surface area contributed by atoms with E-state index in [0.717, 1.165) is 31.7 Å². The molecule has 1 heterocycles. The maximum Gasteiger partial charge on any atom is 0.127 e. The fourth-order valence-electron chi connectivity index (χ4n) is 1.92. The van der Waals surface area contributed by atoms with Crippen molar-refractivity contribution >= 4 is 11.5 Å². The van der Waals surface area contributed by atoms with Crippen molar-refractivity contribution in [3.63, 3.8) is 0 Å². The highest BCUT2D eigenvalue weighted by molar-refractivity contribution is 5.54. The minimum Gasteiger partial charge on any atom is -0.370 e. The van der Waals surface area contributed by atoms with E-state index >= 15 is 0 Å². The molecule has 0 saturated heterocycles. The van der Waals surface area contributed by atoms with Gasteiger partial charge in [-0.05, 0) is 32.8 Å². The number of rotatable bonds is 7. The molecule has 0 saturated carbocycles. The molecule has 17 heavy (non-hydrogen) atoms. The number of nitrogens with one attached hydrogen (secondary N) is 1. The van der Waals surface area contributed by atoms with Crippen LogP contribution in [0.3, 0.4) is 0 Å². The molecule has 0 aliphatic rings. The van der Waals surface area contributed by atoms with Crippen molar-refractivity contribution in [2.24, 2.45) is 0 Å². The van der Waals surface area contributed by atoms with Gasteiger partial charge in [-0.15, -0.1) is 0 Å². The molecule has 1 aromatic rings. The van der Waals surface area contributed by atoms with Crippen molar-refractivity contribution in [3.8, 4) is 0 Å². The van der Waals surface area contributed by atoms with Gasteiger partial charge in [-0.2, -0.15) is 0 Å². The van der Waals surface area contributed by atoms with E-state index in [4.69, 9.17) is 0 Å². The van der Waals surface area contributed by atoms with Gasteiger partial charge < -0.3 is 10.2 Å². The number of nitrogens with zero attached hydrogens (tertiary/aromatic N) is 2. The van der Waals surface area contributed by atoms with Gasteiger partial charge in [0.1, 0.15) is 5.82 Å². The second-order valence-corrected chi connectivity index (χ2v) is 4.37. The quantitative estimate of drug-likeness (QED) is 0.783. The Kier molecular flexibility index (Phi) is 5.81. The lowest BCUT2D eigenvalue weighted by atomic mass is 10.2. The maximum absolute atomic E-state index is 4.34. The van der Waals surface area contributed by atoms with Gasteiger partial charge in [0.2, 0.25) is 0 Å². The summed E-state index contributed by atoms with van der Waals surface area (Å²) in [5.41, 5.74) is 1.26. The lowest BCUT2D eigenvalue weighted by Gasteiger charge is -2.29. The van der Waals surface area contributed by atoms with Crippen LogP contribution in [0.25, 0.3) is 0 Å². The van der Waals surface area contributed by atoms with Gasteiger partial charge in [0.15, 0.2) is 0 Å². The first kappa shape index (κ1) is 13.8. The van der Waals surface area contributed by atoms with E-state index in [-0.39, 0.29) is 0 Å². The molecule has 3 nitrogen and oxygen atoms in total. The molecule has 0 amide bonds. The van der Waals surface area contributed by atoms with Crippen LogP contribution < -0.4 is 10.2 Å². The number of hydrogen-bond donors (Lipinski definition) is 1. The zero-order chi connectivity index (χ0) is 12.7. The molecule has 1 rings (SSSR count). The molecule has 1 aromatic heterocycles. The second kappa shape index (κ2) is 7.15. The van der Waals surface area contributed by atoms with Crippen molar-refractivity contribution < 1.29 is 0 Å². The molecular weight excluding hydrogens is 210 g/mol. The van der Waals surface area contributed by atoms with E-state index < -0.39 is 0 Å². The first-order valence-corrected chi connectivity index (χ1v) is 6.69. The summed E-state index contributed by atoms with van der Waals surface area (Å²) >= 11 is 0. The fourth-order valence-corrected chi connectivity index (χ4v) is 1.92. The fraction of sp³-hybridized carbons (Fsp3) is 0.643. The Morgan fingerprint density at radius 3 is 2.71 bits per heavy atom. The maximum atomic E-state index is 4.34. The van der Waals surface area contributed by atoms with E-state index in [1.165, 1.54) is 5.69 Å².